The number of rotatable bonds is 8. The number of nitrogens with zero attached hydrogens (tertiary/aromatic N) is 3. The van der Waals surface area contributed by atoms with Crippen molar-refractivity contribution in [3.8, 4) is 11.3 Å². The summed E-state index contributed by atoms with van der Waals surface area (Å²) in [5.41, 5.74) is 5.29. The molecule has 1 atom stereocenters. The molecule has 0 bridgehead atoms. The van der Waals surface area contributed by atoms with Crippen molar-refractivity contribution in [3.63, 3.8) is 0 Å². The van der Waals surface area contributed by atoms with Crippen LogP contribution in [-0.4, -0.2) is 32.7 Å². The molecule has 26 heavy (non-hydrogen) atoms. The molecule has 0 unspecified atom stereocenters. The molecule has 2 N–H and O–H groups in total. The van der Waals surface area contributed by atoms with Crippen LogP contribution in [0.4, 0.5) is 0 Å². The molecule has 2 aromatic carbocycles. The van der Waals surface area contributed by atoms with Gasteiger partial charge in [-0.25, -0.2) is 0 Å². The monoisotopic (exact) mass is 350 g/mol. The van der Waals surface area contributed by atoms with Crippen molar-refractivity contribution in [3.05, 3.63) is 71.4 Å². The van der Waals surface area contributed by atoms with Gasteiger partial charge in [0.1, 0.15) is 11.4 Å². The number of nitrogens with one attached hydrogen (secondary N) is 1. The number of benzene rings is 2. The molecule has 1 aromatic heterocycles. The van der Waals surface area contributed by atoms with Crippen LogP contribution < -0.4 is 5.32 Å². The Morgan fingerprint density at radius 3 is 2.46 bits per heavy atom. The maximum Gasteiger partial charge on any atom is 0.117 e. The van der Waals surface area contributed by atoms with Crippen molar-refractivity contribution in [1.29, 1.82) is 0 Å². The lowest BCUT2D eigenvalue weighted by Crippen LogP contribution is -2.31. The van der Waals surface area contributed by atoms with Crippen LogP contribution in [0.25, 0.3) is 11.3 Å². The van der Waals surface area contributed by atoms with E-state index in [1.165, 1.54) is 11.1 Å². The molecule has 0 saturated heterocycles. The van der Waals surface area contributed by atoms with Crippen LogP contribution in [0.3, 0.4) is 0 Å². The first-order valence-corrected chi connectivity index (χ1v) is 9.09. The van der Waals surface area contributed by atoms with Crippen molar-refractivity contribution in [2.45, 2.75) is 39.4 Å². The maximum atomic E-state index is 9.42. The minimum absolute atomic E-state index is 0.0696. The van der Waals surface area contributed by atoms with Crippen molar-refractivity contribution < 1.29 is 5.11 Å². The molecule has 0 spiro atoms. The van der Waals surface area contributed by atoms with Gasteiger partial charge >= 0.3 is 0 Å². The van der Waals surface area contributed by atoms with Gasteiger partial charge in [0.25, 0.3) is 0 Å². The number of hydrogen-bond acceptors (Lipinski definition) is 4. The quantitative estimate of drug-likeness (QED) is 0.655. The Morgan fingerprint density at radius 2 is 1.77 bits per heavy atom. The number of aliphatic hydroxyl groups excluding tert-OH is 1. The van der Waals surface area contributed by atoms with Crippen LogP contribution in [0.15, 0.2) is 54.6 Å². The highest BCUT2D eigenvalue weighted by molar-refractivity contribution is 5.60. The van der Waals surface area contributed by atoms with Crippen LogP contribution in [0.5, 0.6) is 0 Å². The molecule has 0 saturated carbocycles. The third kappa shape index (κ3) is 4.36. The van der Waals surface area contributed by atoms with Gasteiger partial charge < -0.3 is 10.4 Å². The SMILES string of the molecule is CC[C@@H](CO)NCc1nn(Cc2ccccc2C)nc1-c1ccccc1. The highest BCUT2D eigenvalue weighted by Gasteiger charge is 2.15. The molecule has 0 amide bonds. The lowest BCUT2D eigenvalue weighted by atomic mass is 10.1. The number of aromatic nitrogens is 3. The lowest BCUT2D eigenvalue weighted by molar-refractivity contribution is 0.238. The molecule has 3 rings (SSSR count). The molecule has 1 heterocycles. The van der Waals surface area contributed by atoms with Gasteiger partial charge in [0, 0.05) is 18.2 Å². The molecule has 0 aliphatic heterocycles. The fourth-order valence-electron chi connectivity index (χ4n) is 2.91. The summed E-state index contributed by atoms with van der Waals surface area (Å²) in [6, 6.07) is 18.5. The highest BCUT2D eigenvalue weighted by atomic mass is 16.3. The third-order valence-corrected chi connectivity index (χ3v) is 4.62. The van der Waals surface area contributed by atoms with Gasteiger partial charge in [-0.05, 0) is 24.5 Å². The minimum Gasteiger partial charge on any atom is -0.395 e. The van der Waals surface area contributed by atoms with E-state index in [1.807, 2.05) is 30.3 Å². The van der Waals surface area contributed by atoms with Crippen molar-refractivity contribution in [2.75, 3.05) is 6.61 Å². The van der Waals surface area contributed by atoms with Gasteiger partial charge in [0.05, 0.1) is 13.2 Å². The van der Waals surface area contributed by atoms with Gasteiger partial charge in [0.15, 0.2) is 0 Å². The Labute approximate surface area is 154 Å². The second-order valence-corrected chi connectivity index (χ2v) is 6.49. The molecule has 0 aliphatic rings. The van der Waals surface area contributed by atoms with Gasteiger partial charge in [-0.15, -0.1) is 0 Å². The Balaban J connectivity index is 1.88. The Hall–Kier alpha value is -2.50. The zero-order chi connectivity index (χ0) is 18.4. The zero-order valence-corrected chi connectivity index (χ0v) is 15.4. The van der Waals surface area contributed by atoms with Crippen LogP contribution in [0.1, 0.15) is 30.2 Å². The second kappa shape index (κ2) is 8.74. The summed E-state index contributed by atoms with van der Waals surface area (Å²) in [6.07, 6.45) is 0.870. The lowest BCUT2D eigenvalue weighted by Gasteiger charge is -2.12. The average Bonchev–Trinajstić information content (AvgIpc) is 3.08. The van der Waals surface area contributed by atoms with E-state index >= 15 is 0 Å². The molecule has 3 aromatic rings. The Morgan fingerprint density at radius 1 is 1.04 bits per heavy atom. The summed E-state index contributed by atoms with van der Waals surface area (Å²) in [5.74, 6) is 0. The predicted octanol–water partition coefficient (Wildman–Crippen LogP) is 3.16. The molecule has 0 aliphatic carbocycles. The molecular weight excluding hydrogens is 324 g/mol. The summed E-state index contributed by atoms with van der Waals surface area (Å²) >= 11 is 0. The maximum absolute atomic E-state index is 9.42. The zero-order valence-electron chi connectivity index (χ0n) is 15.4. The second-order valence-electron chi connectivity index (χ2n) is 6.49. The van der Waals surface area contributed by atoms with Gasteiger partial charge in [0.2, 0.25) is 0 Å². The van der Waals surface area contributed by atoms with E-state index in [0.29, 0.717) is 13.1 Å². The van der Waals surface area contributed by atoms with E-state index in [0.717, 1.165) is 23.4 Å². The highest BCUT2D eigenvalue weighted by Crippen LogP contribution is 2.21. The van der Waals surface area contributed by atoms with Gasteiger partial charge in [-0.2, -0.15) is 15.0 Å². The van der Waals surface area contributed by atoms with E-state index in [2.05, 4.69) is 43.4 Å². The fraction of sp³-hybridized carbons (Fsp3) is 0.333. The smallest absolute Gasteiger partial charge is 0.117 e. The van der Waals surface area contributed by atoms with E-state index in [9.17, 15) is 5.11 Å². The van der Waals surface area contributed by atoms with Crippen LogP contribution in [0, 0.1) is 6.92 Å². The van der Waals surface area contributed by atoms with E-state index in [-0.39, 0.29) is 12.6 Å². The Kier molecular flexibility index (Phi) is 6.15. The molecule has 136 valence electrons. The molecule has 0 fully saturated rings. The molecule has 0 radical (unpaired) electrons. The Bertz CT molecular complexity index is 825. The van der Waals surface area contributed by atoms with Crippen LogP contribution in [-0.2, 0) is 13.1 Å². The number of hydrogen-bond donors (Lipinski definition) is 2. The van der Waals surface area contributed by atoms with E-state index < -0.39 is 0 Å². The summed E-state index contributed by atoms with van der Waals surface area (Å²) in [4.78, 5) is 1.77. The van der Waals surface area contributed by atoms with Crippen molar-refractivity contribution >= 4 is 0 Å². The first-order chi connectivity index (χ1) is 12.7. The van der Waals surface area contributed by atoms with Gasteiger partial charge in [-0.1, -0.05) is 61.5 Å². The van der Waals surface area contributed by atoms with Crippen molar-refractivity contribution in [1.82, 2.24) is 20.3 Å². The third-order valence-electron chi connectivity index (χ3n) is 4.62. The summed E-state index contributed by atoms with van der Waals surface area (Å²) in [5, 5.41) is 22.3. The van der Waals surface area contributed by atoms with Crippen LogP contribution in [0.2, 0.25) is 0 Å². The fourth-order valence-corrected chi connectivity index (χ4v) is 2.91. The summed E-state index contributed by atoms with van der Waals surface area (Å²) < 4.78 is 0. The summed E-state index contributed by atoms with van der Waals surface area (Å²) in [7, 11) is 0. The van der Waals surface area contributed by atoms with E-state index in [1.54, 1.807) is 4.80 Å². The largest absolute Gasteiger partial charge is 0.395 e. The predicted molar refractivity (Wildman–Crippen MR) is 104 cm³/mol. The van der Waals surface area contributed by atoms with E-state index in [4.69, 9.17) is 10.2 Å². The molecule has 5 nitrogen and oxygen atoms in total. The normalized spacial score (nSPS) is 12.3. The minimum atomic E-state index is 0.0696. The molecular formula is C21H26N4O. The number of aryl methyl sites for hydroxylation is 1. The van der Waals surface area contributed by atoms with Crippen molar-refractivity contribution in [2.24, 2.45) is 0 Å². The standard InChI is InChI=1S/C21H26N4O/c1-3-19(15-26)22-13-20-21(17-10-5-4-6-11-17)24-25(23-20)14-18-12-8-7-9-16(18)2/h4-12,19,22,26H,3,13-15H2,1-2H3/t19-/m0/s1. The average molecular weight is 350 g/mol. The molecule has 5 heteroatoms. The summed E-state index contributed by atoms with van der Waals surface area (Å²) in [6.45, 7) is 5.50. The number of aliphatic hydroxyl groups is 1. The van der Waals surface area contributed by atoms with Crippen LogP contribution >= 0.6 is 0 Å². The first kappa shape index (κ1) is 18.3. The first-order valence-electron chi connectivity index (χ1n) is 9.09. The topological polar surface area (TPSA) is 63.0 Å². The van der Waals surface area contributed by atoms with Gasteiger partial charge in [-0.3, -0.25) is 0 Å².